The Morgan fingerprint density at radius 3 is 2.26 bits per heavy atom. The van der Waals surface area contributed by atoms with Crippen LogP contribution in [0.15, 0.2) is 48.5 Å². The van der Waals surface area contributed by atoms with Crippen LogP contribution in [0.3, 0.4) is 0 Å². The second-order valence-corrected chi connectivity index (χ2v) is 5.65. The number of carbonyl (C=O) groups is 3. The summed E-state index contributed by atoms with van der Waals surface area (Å²) in [6.45, 7) is 0.228. The van der Waals surface area contributed by atoms with Crippen molar-refractivity contribution in [3.05, 3.63) is 54.1 Å². The zero-order chi connectivity index (χ0) is 19.6. The predicted octanol–water partition coefficient (Wildman–Crippen LogP) is 0.195. The molecule has 0 unspecified atom stereocenters. The van der Waals surface area contributed by atoms with Gasteiger partial charge in [0.2, 0.25) is 0 Å². The molecule has 8 heteroatoms. The quantitative estimate of drug-likeness (QED) is 0.531. The highest BCUT2D eigenvalue weighted by Gasteiger charge is 2.14. The average molecular weight is 371 g/mol. The van der Waals surface area contributed by atoms with Crippen LogP contribution in [0.1, 0.15) is 10.4 Å². The van der Waals surface area contributed by atoms with Crippen molar-refractivity contribution in [2.75, 3.05) is 37.9 Å². The summed E-state index contributed by atoms with van der Waals surface area (Å²) in [5, 5.41) is 9.54. The van der Waals surface area contributed by atoms with Crippen molar-refractivity contribution in [3.8, 4) is 5.75 Å². The first kappa shape index (κ1) is 19.9. The van der Waals surface area contributed by atoms with Crippen LogP contribution < -0.4 is 26.0 Å². The van der Waals surface area contributed by atoms with Crippen LogP contribution in [0, 0.1) is 0 Å². The third-order valence-corrected chi connectivity index (χ3v) is 3.73. The molecule has 0 atom stereocenters. The van der Waals surface area contributed by atoms with E-state index in [0.717, 1.165) is 0 Å². The van der Waals surface area contributed by atoms with E-state index in [1.165, 1.54) is 7.05 Å². The SMILES string of the molecule is CNC(=O)C[NH2+]CC(=O)Nc1ccccc1C(=O)Nc1ccc(OC)cc1. The van der Waals surface area contributed by atoms with E-state index in [1.54, 1.807) is 61.0 Å². The number of para-hydroxylation sites is 1. The molecular weight excluding hydrogens is 348 g/mol. The van der Waals surface area contributed by atoms with E-state index in [4.69, 9.17) is 4.74 Å². The van der Waals surface area contributed by atoms with Gasteiger partial charge in [-0.1, -0.05) is 12.1 Å². The van der Waals surface area contributed by atoms with E-state index in [1.807, 2.05) is 0 Å². The number of hydrogen-bond acceptors (Lipinski definition) is 4. The van der Waals surface area contributed by atoms with Gasteiger partial charge < -0.3 is 26.0 Å². The van der Waals surface area contributed by atoms with Crippen molar-refractivity contribution in [2.24, 2.45) is 0 Å². The van der Waals surface area contributed by atoms with Gasteiger partial charge in [0.15, 0.2) is 13.1 Å². The third kappa shape index (κ3) is 6.12. The molecule has 0 radical (unpaired) electrons. The molecule has 8 nitrogen and oxygen atoms in total. The molecule has 0 saturated carbocycles. The lowest BCUT2D eigenvalue weighted by molar-refractivity contribution is -0.632. The number of rotatable bonds is 8. The number of methoxy groups -OCH3 is 1. The van der Waals surface area contributed by atoms with Crippen molar-refractivity contribution in [1.82, 2.24) is 5.32 Å². The molecule has 2 aromatic carbocycles. The van der Waals surface area contributed by atoms with E-state index >= 15 is 0 Å². The summed E-state index contributed by atoms with van der Waals surface area (Å²) in [5.74, 6) is -0.121. The van der Waals surface area contributed by atoms with E-state index in [9.17, 15) is 14.4 Å². The molecule has 3 amide bonds. The molecule has 0 bridgehead atoms. The Bertz CT molecular complexity index is 806. The fourth-order valence-electron chi connectivity index (χ4n) is 2.30. The molecule has 0 aliphatic rings. The van der Waals surface area contributed by atoms with Gasteiger partial charge in [0, 0.05) is 12.7 Å². The third-order valence-electron chi connectivity index (χ3n) is 3.73. The molecule has 5 N–H and O–H groups in total. The van der Waals surface area contributed by atoms with Gasteiger partial charge in [0.05, 0.1) is 18.4 Å². The highest BCUT2D eigenvalue weighted by atomic mass is 16.5. The van der Waals surface area contributed by atoms with E-state index in [-0.39, 0.29) is 30.8 Å². The van der Waals surface area contributed by atoms with Crippen molar-refractivity contribution in [2.45, 2.75) is 0 Å². The summed E-state index contributed by atoms with van der Waals surface area (Å²) in [5.41, 5.74) is 1.36. The lowest BCUT2D eigenvalue weighted by Gasteiger charge is -2.11. The Labute approximate surface area is 157 Å². The number of benzene rings is 2. The van der Waals surface area contributed by atoms with Gasteiger partial charge >= 0.3 is 0 Å². The number of likely N-dealkylation sites (N-methyl/N-ethyl adjacent to an activating group) is 1. The van der Waals surface area contributed by atoms with E-state index < -0.39 is 0 Å². The van der Waals surface area contributed by atoms with Crippen LogP contribution >= 0.6 is 0 Å². The first-order valence-electron chi connectivity index (χ1n) is 8.40. The fraction of sp³-hybridized carbons (Fsp3) is 0.211. The molecule has 0 saturated heterocycles. The van der Waals surface area contributed by atoms with Gasteiger partial charge in [-0.2, -0.15) is 0 Å². The Hall–Kier alpha value is -3.39. The van der Waals surface area contributed by atoms with Gasteiger partial charge in [0.1, 0.15) is 5.75 Å². The molecule has 27 heavy (non-hydrogen) atoms. The molecule has 0 spiro atoms. The predicted molar refractivity (Wildman–Crippen MR) is 102 cm³/mol. The fourth-order valence-corrected chi connectivity index (χ4v) is 2.30. The number of amides is 3. The van der Waals surface area contributed by atoms with Crippen molar-refractivity contribution in [1.29, 1.82) is 0 Å². The largest absolute Gasteiger partial charge is 0.497 e. The van der Waals surface area contributed by atoms with Crippen molar-refractivity contribution < 1.29 is 24.4 Å². The highest BCUT2D eigenvalue weighted by molar-refractivity contribution is 6.10. The standard InChI is InChI=1S/C19H22N4O4/c1-20-17(24)11-21-12-18(25)23-16-6-4-3-5-15(16)19(26)22-13-7-9-14(27-2)10-8-13/h3-10,21H,11-12H2,1-2H3,(H,20,24)(H,22,26)(H,23,25)/p+1. The summed E-state index contributed by atoms with van der Waals surface area (Å²) < 4.78 is 5.09. The number of quaternary nitrogens is 1. The maximum absolute atomic E-state index is 12.6. The molecule has 0 aromatic heterocycles. The number of ether oxygens (including phenoxy) is 1. The van der Waals surface area contributed by atoms with Crippen LogP contribution in [-0.2, 0) is 9.59 Å². The number of nitrogens with one attached hydrogen (secondary N) is 3. The lowest BCUT2D eigenvalue weighted by atomic mass is 10.1. The number of anilines is 2. The monoisotopic (exact) mass is 371 g/mol. The Morgan fingerprint density at radius 1 is 0.926 bits per heavy atom. The molecule has 0 aliphatic heterocycles. The Balaban J connectivity index is 2.00. The Morgan fingerprint density at radius 2 is 1.59 bits per heavy atom. The van der Waals surface area contributed by atoms with Gasteiger partial charge in [-0.25, -0.2) is 0 Å². The molecule has 142 valence electrons. The minimum absolute atomic E-state index is 0.0713. The summed E-state index contributed by atoms with van der Waals surface area (Å²) >= 11 is 0. The second-order valence-electron chi connectivity index (χ2n) is 5.65. The smallest absolute Gasteiger partial charge is 0.279 e. The molecule has 2 aromatic rings. The molecule has 0 aliphatic carbocycles. The first-order chi connectivity index (χ1) is 13.0. The van der Waals surface area contributed by atoms with Gasteiger partial charge in [-0.3, -0.25) is 14.4 Å². The topological polar surface area (TPSA) is 113 Å². The minimum Gasteiger partial charge on any atom is -0.497 e. The summed E-state index contributed by atoms with van der Waals surface area (Å²) in [6.07, 6.45) is 0. The molecule has 0 fully saturated rings. The molecule has 0 heterocycles. The zero-order valence-electron chi connectivity index (χ0n) is 15.2. The lowest BCUT2D eigenvalue weighted by Crippen LogP contribution is -2.88. The van der Waals surface area contributed by atoms with Gasteiger partial charge in [-0.05, 0) is 36.4 Å². The first-order valence-corrected chi connectivity index (χ1v) is 8.40. The minimum atomic E-state index is -0.342. The maximum atomic E-state index is 12.6. The van der Waals surface area contributed by atoms with Crippen molar-refractivity contribution in [3.63, 3.8) is 0 Å². The molecular formula is C19H23N4O4+. The van der Waals surface area contributed by atoms with E-state index in [0.29, 0.717) is 22.7 Å². The van der Waals surface area contributed by atoms with Gasteiger partial charge in [-0.15, -0.1) is 0 Å². The van der Waals surface area contributed by atoms with Crippen LogP contribution in [-0.4, -0.2) is 45.0 Å². The zero-order valence-corrected chi connectivity index (χ0v) is 15.2. The highest BCUT2D eigenvalue weighted by Crippen LogP contribution is 2.19. The maximum Gasteiger partial charge on any atom is 0.279 e. The normalized spacial score (nSPS) is 10.0. The summed E-state index contributed by atoms with van der Waals surface area (Å²) in [4.78, 5) is 35.8. The Kier molecular flexibility index (Phi) is 7.33. The summed E-state index contributed by atoms with van der Waals surface area (Å²) in [7, 11) is 3.10. The van der Waals surface area contributed by atoms with Crippen LogP contribution in [0.25, 0.3) is 0 Å². The summed E-state index contributed by atoms with van der Waals surface area (Å²) in [6, 6.07) is 13.7. The van der Waals surface area contributed by atoms with Crippen LogP contribution in [0.2, 0.25) is 0 Å². The second kappa shape index (κ2) is 9.93. The average Bonchev–Trinajstić information content (AvgIpc) is 2.68. The number of carbonyl (C=O) groups excluding carboxylic acids is 3. The van der Waals surface area contributed by atoms with E-state index in [2.05, 4.69) is 16.0 Å². The van der Waals surface area contributed by atoms with Crippen molar-refractivity contribution >= 4 is 29.1 Å². The van der Waals surface area contributed by atoms with Gasteiger partial charge in [0.25, 0.3) is 17.7 Å². The molecule has 2 rings (SSSR count). The van der Waals surface area contributed by atoms with Crippen LogP contribution in [0.4, 0.5) is 11.4 Å². The number of hydrogen-bond donors (Lipinski definition) is 4. The van der Waals surface area contributed by atoms with Crippen LogP contribution in [0.5, 0.6) is 5.75 Å². The number of nitrogens with two attached hydrogens (primary N) is 1.